The molecule has 0 saturated heterocycles. The molecule has 0 aliphatic rings. The summed E-state index contributed by atoms with van der Waals surface area (Å²) in [5.74, 6) is 0.956. The third-order valence-corrected chi connectivity index (χ3v) is 3.78. The van der Waals surface area contributed by atoms with Crippen LogP contribution in [-0.2, 0) is 11.2 Å². The quantitative estimate of drug-likeness (QED) is 0.710. The molecule has 0 atom stereocenters. The maximum Gasteiger partial charge on any atom is 0.250 e. The fraction of sp³-hybridized carbons (Fsp3) is 0.150. The molecule has 0 aliphatic carbocycles. The highest BCUT2D eigenvalue weighted by atomic mass is 16.5. The molecular weight excluding hydrogens is 330 g/mol. The summed E-state index contributed by atoms with van der Waals surface area (Å²) in [7, 11) is 3.13. The van der Waals surface area contributed by atoms with E-state index >= 15 is 0 Å². The largest absolute Gasteiger partial charge is 0.493 e. The summed E-state index contributed by atoms with van der Waals surface area (Å²) < 4.78 is 12.2. The van der Waals surface area contributed by atoms with Gasteiger partial charge in [-0.25, -0.2) is 9.67 Å². The summed E-state index contributed by atoms with van der Waals surface area (Å²) in [6.07, 6.45) is 3.52. The molecule has 0 radical (unpaired) electrons. The number of aromatic nitrogens is 2. The van der Waals surface area contributed by atoms with Crippen molar-refractivity contribution in [3.05, 3.63) is 77.9 Å². The number of hydrogen-bond acceptors (Lipinski definition) is 4. The Kier molecular flexibility index (Phi) is 5.43. The third-order valence-electron chi connectivity index (χ3n) is 3.78. The summed E-state index contributed by atoms with van der Waals surface area (Å²) >= 11 is 0. The van der Waals surface area contributed by atoms with E-state index in [0.717, 1.165) is 11.3 Å². The van der Waals surface area contributed by atoms with Crippen molar-refractivity contribution in [3.63, 3.8) is 0 Å². The Morgan fingerprint density at radius 3 is 2.46 bits per heavy atom. The number of benzene rings is 2. The van der Waals surface area contributed by atoms with Crippen LogP contribution in [-0.4, -0.2) is 29.9 Å². The maximum atomic E-state index is 12.2. The van der Waals surface area contributed by atoms with Gasteiger partial charge in [-0.15, -0.1) is 0 Å². The molecule has 0 N–H and O–H groups in total. The monoisotopic (exact) mass is 349 g/mol. The van der Waals surface area contributed by atoms with Crippen LogP contribution < -0.4 is 14.8 Å². The van der Waals surface area contributed by atoms with Gasteiger partial charge in [0.25, 0.3) is 5.91 Å². The number of hydrogen-bond donors (Lipinski definition) is 0. The number of para-hydroxylation sites is 1. The summed E-state index contributed by atoms with van der Waals surface area (Å²) in [5, 5.41) is 4.81. The van der Waals surface area contributed by atoms with Gasteiger partial charge < -0.3 is 9.47 Å². The predicted octanol–water partition coefficient (Wildman–Crippen LogP) is 2.56. The molecule has 0 saturated carbocycles. The lowest BCUT2D eigenvalue weighted by molar-refractivity contribution is -0.117. The molecule has 0 bridgehead atoms. The summed E-state index contributed by atoms with van der Waals surface area (Å²) in [6.45, 7) is 0. The SMILES string of the molecule is COc1ccc(CC(=O)N=c2ccn(-c3ccccc3)nc2)cc1OC. The number of amides is 1. The Morgan fingerprint density at radius 2 is 1.81 bits per heavy atom. The average Bonchev–Trinajstić information content (AvgIpc) is 2.69. The standard InChI is InChI=1S/C20H19N3O3/c1-25-18-9-8-15(12-19(18)26-2)13-20(24)22-16-10-11-23(21-14-16)17-6-4-3-5-7-17/h3-12,14H,13H2,1-2H3. The lowest BCUT2D eigenvalue weighted by atomic mass is 10.1. The predicted molar refractivity (Wildman–Crippen MR) is 97.4 cm³/mol. The smallest absolute Gasteiger partial charge is 0.250 e. The number of methoxy groups -OCH3 is 2. The van der Waals surface area contributed by atoms with E-state index in [4.69, 9.17) is 9.47 Å². The van der Waals surface area contributed by atoms with Crippen LogP contribution in [0.4, 0.5) is 0 Å². The minimum atomic E-state index is -0.253. The molecule has 6 nitrogen and oxygen atoms in total. The minimum absolute atomic E-state index is 0.175. The fourth-order valence-electron chi connectivity index (χ4n) is 2.50. The van der Waals surface area contributed by atoms with Crippen LogP contribution in [0, 0.1) is 0 Å². The van der Waals surface area contributed by atoms with Gasteiger partial charge in [-0.05, 0) is 35.9 Å². The van der Waals surface area contributed by atoms with Crippen LogP contribution in [0.2, 0.25) is 0 Å². The molecule has 26 heavy (non-hydrogen) atoms. The molecule has 132 valence electrons. The van der Waals surface area contributed by atoms with Crippen LogP contribution in [0.25, 0.3) is 5.69 Å². The molecule has 0 spiro atoms. The molecule has 1 aromatic heterocycles. The van der Waals surface area contributed by atoms with Gasteiger partial charge in [0, 0.05) is 6.20 Å². The normalized spacial score (nSPS) is 11.2. The maximum absolute atomic E-state index is 12.2. The number of ether oxygens (including phenoxy) is 2. The zero-order valence-corrected chi connectivity index (χ0v) is 14.6. The third kappa shape index (κ3) is 4.16. The molecule has 3 rings (SSSR count). The Morgan fingerprint density at radius 1 is 1.04 bits per heavy atom. The Bertz CT molecular complexity index is 945. The number of rotatable bonds is 5. The average molecular weight is 349 g/mol. The Hall–Kier alpha value is -3.41. The van der Waals surface area contributed by atoms with E-state index in [1.54, 1.807) is 49.5 Å². The van der Waals surface area contributed by atoms with Crippen molar-refractivity contribution in [1.82, 2.24) is 9.78 Å². The first-order valence-corrected chi connectivity index (χ1v) is 8.08. The number of carbonyl (C=O) groups is 1. The van der Waals surface area contributed by atoms with Gasteiger partial charge >= 0.3 is 0 Å². The van der Waals surface area contributed by atoms with Gasteiger partial charge in [0.1, 0.15) is 0 Å². The fourth-order valence-corrected chi connectivity index (χ4v) is 2.50. The van der Waals surface area contributed by atoms with Crippen molar-refractivity contribution < 1.29 is 14.3 Å². The zero-order chi connectivity index (χ0) is 18.4. The lowest BCUT2D eigenvalue weighted by Gasteiger charge is -2.08. The van der Waals surface area contributed by atoms with Crippen LogP contribution in [0.5, 0.6) is 11.5 Å². The van der Waals surface area contributed by atoms with Crippen molar-refractivity contribution in [2.45, 2.75) is 6.42 Å². The summed E-state index contributed by atoms with van der Waals surface area (Å²) in [5.41, 5.74) is 1.75. The van der Waals surface area contributed by atoms with Gasteiger partial charge in [-0.3, -0.25) is 4.79 Å². The van der Waals surface area contributed by atoms with E-state index in [9.17, 15) is 4.79 Å². The van der Waals surface area contributed by atoms with Crippen molar-refractivity contribution >= 4 is 5.91 Å². The molecule has 0 fully saturated rings. The highest BCUT2D eigenvalue weighted by Crippen LogP contribution is 2.27. The summed E-state index contributed by atoms with van der Waals surface area (Å²) in [4.78, 5) is 16.3. The number of nitrogens with zero attached hydrogens (tertiary/aromatic N) is 3. The lowest BCUT2D eigenvalue weighted by Crippen LogP contribution is -2.12. The first-order chi connectivity index (χ1) is 12.7. The van der Waals surface area contributed by atoms with Crippen molar-refractivity contribution in [2.75, 3.05) is 14.2 Å². The Labute approximate surface area is 151 Å². The van der Waals surface area contributed by atoms with Crippen LogP contribution >= 0.6 is 0 Å². The molecule has 2 aromatic carbocycles. The first-order valence-electron chi connectivity index (χ1n) is 8.08. The van der Waals surface area contributed by atoms with Crippen LogP contribution in [0.3, 0.4) is 0 Å². The summed E-state index contributed by atoms with van der Waals surface area (Å²) in [6, 6.07) is 16.9. The van der Waals surface area contributed by atoms with E-state index in [-0.39, 0.29) is 12.3 Å². The minimum Gasteiger partial charge on any atom is -0.493 e. The highest BCUT2D eigenvalue weighted by molar-refractivity contribution is 5.79. The molecule has 0 aliphatic heterocycles. The molecule has 3 aromatic rings. The second kappa shape index (κ2) is 8.11. The molecular formula is C20H19N3O3. The van der Waals surface area contributed by atoms with E-state index < -0.39 is 0 Å². The van der Waals surface area contributed by atoms with Gasteiger partial charge in [-0.1, -0.05) is 24.3 Å². The van der Waals surface area contributed by atoms with Crippen molar-refractivity contribution in [3.8, 4) is 17.2 Å². The zero-order valence-electron chi connectivity index (χ0n) is 14.6. The van der Waals surface area contributed by atoms with Gasteiger partial charge in [-0.2, -0.15) is 5.10 Å². The van der Waals surface area contributed by atoms with Gasteiger partial charge in [0.15, 0.2) is 11.5 Å². The van der Waals surface area contributed by atoms with Gasteiger partial charge in [0.05, 0.1) is 37.9 Å². The molecule has 1 amide bonds. The van der Waals surface area contributed by atoms with E-state index in [1.807, 2.05) is 36.4 Å². The van der Waals surface area contributed by atoms with Gasteiger partial charge in [0.2, 0.25) is 0 Å². The van der Waals surface area contributed by atoms with E-state index in [2.05, 4.69) is 10.1 Å². The second-order valence-electron chi connectivity index (χ2n) is 5.54. The van der Waals surface area contributed by atoms with E-state index in [0.29, 0.717) is 16.9 Å². The second-order valence-corrected chi connectivity index (χ2v) is 5.54. The van der Waals surface area contributed by atoms with Crippen molar-refractivity contribution in [1.29, 1.82) is 0 Å². The highest BCUT2D eigenvalue weighted by Gasteiger charge is 2.07. The molecule has 0 unspecified atom stereocenters. The Balaban J connectivity index is 1.75. The topological polar surface area (TPSA) is 65.7 Å². The molecule has 1 heterocycles. The number of carbonyl (C=O) groups excluding carboxylic acids is 1. The van der Waals surface area contributed by atoms with E-state index in [1.165, 1.54) is 0 Å². The molecule has 6 heteroatoms. The van der Waals surface area contributed by atoms with Crippen LogP contribution in [0.1, 0.15) is 5.56 Å². The van der Waals surface area contributed by atoms with Crippen LogP contribution in [0.15, 0.2) is 72.0 Å². The first kappa shape index (κ1) is 17.4. The van der Waals surface area contributed by atoms with Crippen molar-refractivity contribution in [2.24, 2.45) is 4.99 Å².